The van der Waals surface area contributed by atoms with Gasteiger partial charge in [0.2, 0.25) is 5.91 Å². The molecule has 0 spiro atoms. The number of carbonyl (C=O) groups excluding carboxylic acids is 1. The van der Waals surface area contributed by atoms with Crippen molar-refractivity contribution in [3.63, 3.8) is 0 Å². The third-order valence-electron chi connectivity index (χ3n) is 3.83. The number of hydrogen-bond donors (Lipinski definition) is 2. The summed E-state index contributed by atoms with van der Waals surface area (Å²) in [6.45, 7) is 0. The second kappa shape index (κ2) is 5.35. The number of anilines is 2. The zero-order valence-electron chi connectivity index (χ0n) is 11.2. The number of hydrogen-bond acceptors (Lipinski definition) is 2. The maximum Gasteiger partial charge on any atom is 0.235 e. The number of halogens is 2. The number of carbonyl (C=O) groups is 1. The lowest BCUT2D eigenvalue weighted by Crippen LogP contribution is -2.27. The Morgan fingerprint density at radius 1 is 1.19 bits per heavy atom. The fourth-order valence-electron chi connectivity index (χ4n) is 2.40. The highest BCUT2D eigenvalue weighted by molar-refractivity contribution is 9.10. The van der Waals surface area contributed by atoms with E-state index in [0.717, 1.165) is 28.6 Å². The van der Waals surface area contributed by atoms with Gasteiger partial charge in [0.25, 0.3) is 0 Å². The zero-order valence-corrected chi connectivity index (χ0v) is 13.5. The van der Waals surface area contributed by atoms with E-state index in [0.29, 0.717) is 10.7 Å². The normalized spacial score (nSPS) is 15.5. The summed E-state index contributed by atoms with van der Waals surface area (Å²) >= 11 is 9.32. The van der Waals surface area contributed by atoms with Gasteiger partial charge in [-0.15, -0.1) is 0 Å². The Balaban J connectivity index is 1.81. The molecule has 3 N–H and O–H groups in total. The summed E-state index contributed by atoms with van der Waals surface area (Å²) in [5, 5.41) is 3.59. The Kier molecular flexibility index (Phi) is 3.68. The van der Waals surface area contributed by atoms with Crippen LogP contribution >= 0.6 is 27.5 Å². The predicted molar refractivity (Wildman–Crippen MR) is 89.5 cm³/mol. The van der Waals surface area contributed by atoms with E-state index in [1.165, 1.54) is 0 Å². The Morgan fingerprint density at radius 3 is 2.43 bits per heavy atom. The van der Waals surface area contributed by atoms with Crippen molar-refractivity contribution in [1.82, 2.24) is 0 Å². The Bertz CT molecular complexity index is 696. The maximum absolute atomic E-state index is 12.6. The lowest BCUT2D eigenvalue weighted by molar-refractivity contribution is -0.118. The van der Waals surface area contributed by atoms with Gasteiger partial charge in [-0.1, -0.05) is 23.7 Å². The highest BCUT2D eigenvalue weighted by Crippen LogP contribution is 2.49. The molecule has 1 saturated carbocycles. The molecule has 0 aromatic heterocycles. The topological polar surface area (TPSA) is 55.1 Å². The molecule has 108 valence electrons. The fraction of sp³-hybridized carbons (Fsp3) is 0.188. The molecular weight excluding hydrogens is 352 g/mol. The number of rotatable bonds is 3. The standard InChI is InChI=1S/C16H14BrClN2O/c17-13-9-12(5-6-14(13)18)20-15(21)16(7-8-16)10-1-3-11(19)4-2-10/h1-6,9H,7-8,19H2,(H,20,21). The van der Waals surface area contributed by atoms with Crippen LogP contribution in [0.15, 0.2) is 46.9 Å². The van der Waals surface area contributed by atoms with Crippen LogP contribution in [0.25, 0.3) is 0 Å². The van der Waals surface area contributed by atoms with E-state index in [4.69, 9.17) is 17.3 Å². The minimum atomic E-state index is -0.417. The lowest BCUT2D eigenvalue weighted by Gasteiger charge is -2.16. The number of nitrogens with one attached hydrogen (secondary N) is 1. The molecule has 1 amide bonds. The first-order valence-corrected chi connectivity index (χ1v) is 7.81. The molecule has 0 bridgehead atoms. The Hall–Kier alpha value is -1.52. The van der Waals surface area contributed by atoms with Crippen LogP contribution < -0.4 is 11.1 Å². The van der Waals surface area contributed by atoms with E-state index in [9.17, 15) is 4.79 Å². The summed E-state index contributed by atoms with van der Waals surface area (Å²) in [7, 11) is 0. The molecule has 3 rings (SSSR count). The van der Waals surface area contributed by atoms with Crippen molar-refractivity contribution in [2.24, 2.45) is 0 Å². The van der Waals surface area contributed by atoms with E-state index < -0.39 is 5.41 Å². The van der Waals surface area contributed by atoms with Crippen molar-refractivity contribution >= 4 is 44.8 Å². The van der Waals surface area contributed by atoms with Gasteiger partial charge in [-0.3, -0.25) is 4.79 Å². The highest BCUT2D eigenvalue weighted by Gasteiger charge is 2.51. The van der Waals surface area contributed by atoms with Crippen LogP contribution in [0.1, 0.15) is 18.4 Å². The van der Waals surface area contributed by atoms with Crippen LogP contribution in [0.4, 0.5) is 11.4 Å². The molecule has 0 atom stereocenters. The second-order valence-electron chi connectivity index (χ2n) is 5.29. The molecule has 2 aromatic carbocycles. The first kappa shape index (κ1) is 14.4. The summed E-state index contributed by atoms with van der Waals surface area (Å²) in [5.41, 5.74) is 7.74. The van der Waals surface area contributed by atoms with E-state index in [2.05, 4.69) is 21.2 Å². The Labute approximate surface area is 136 Å². The highest BCUT2D eigenvalue weighted by atomic mass is 79.9. The molecule has 1 aliphatic carbocycles. The third kappa shape index (κ3) is 2.78. The first-order valence-electron chi connectivity index (χ1n) is 6.64. The number of nitrogens with two attached hydrogens (primary N) is 1. The maximum atomic E-state index is 12.6. The molecule has 1 aliphatic rings. The average Bonchev–Trinajstić information content (AvgIpc) is 3.25. The van der Waals surface area contributed by atoms with E-state index in [1.807, 2.05) is 24.3 Å². The van der Waals surface area contributed by atoms with E-state index in [1.54, 1.807) is 18.2 Å². The largest absolute Gasteiger partial charge is 0.399 e. The van der Waals surface area contributed by atoms with Crippen LogP contribution in [-0.4, -0.2) is 5.91 Å². The van der Waals surface area contributed by atoms with Crippen LogP contribution in [0.5, 0.6) is 0 Å². The van der Waals surface area contributed by atoms with Crippen molar-refractivity contribution in [1.29, 1.82) is 0 Å². The van der Waals surface area contributed by atoms with Gasteiger partial charge >= 0.3 is 0 Å². The van der Waals surface area contributed by atoms with Crippen LogP contribution in [0.2, 0.25) is 5.02 Å². The van der Waals surface area contributed by atoms with Crippen molar-refractivity contribution in [2.45, 2.75) is 18.3 Å². The second-order valence-corrected chi connectivity index (χ2v) is 6.55. The summed E-state index contributed by atoms with van der Waals surface area (Å²) in [4.78, 5) is 12.6. The van der Waals surface area contributed by atoms with Crippen molar-refractivity contribution < 1.29 is 4.79 Å². The number of nitrogen functional groups attached to an aromatic ring is 1. The molecular formula is C16H14BrClN2O. The lowest BCUT2D eigenvalue weighted by atomic mass is 9.94. The molecule has 0 radical (unpaired) electrons. The summed E-state index contributed by atoms with van der Waals surface area (Å²) in [6, 6.07) is 12.9. The molecule has 21 heavy (non-hydrogen) atoms. The summed E-state index contributed by atoms with van der Waals surface area (Å²) in [5.74, 6) is 0.0153. The molecule has 0 aliphatic heterocycles. The van der Waals surface area contributed by atoms with Gasteiger partial charge in [0.05, 0.1) is 10.4 Å². The van der Waals surface area contributed by atoms with E-state index in [-0.39, 0.29) is 5.91 Å². The van der Waals surface area contributed by atoms with Crippen LogP contribution in [0, 0.1) is 0 Å². The van der Waals surface area contributed by atoms with Gasteiger partial charge in [-0.05, 0) is 64.7 Å². The van der Waals surface area contributed by atoms with E-state index >= 15 is 0 Å². The monoisotopic (exact) mass is 364 g/mol. The van der Waals surface area contributed by atoms with Crippen LogP contribution in [0.3, 0.4) is 0 Å². The molecule has 0 heterocycles. The Morgan fingerprint density at radius 2 is 1.86 bits per heavy atom. The van der Waals surface area contributed by atoms with Gasteiger partial charge in [0.1, 0.15) is 0 Å². The summed E-state index contributed by atoms with van der Waals surface area (Å²) in [6.07, 6.45) is 1.72. The zero-order chi connectivity index (χ0) is 15.0. The first-order chi connectivity index (χ1) is 10.0. The molecule has 0 unspecified atom stereocenters. The third-order valence-corrected chi connectivity index (χ3v) is 5.04. The smallest absolute Gasteiger partial charge is 0.235 e. The quantitative estimate of drug-likeness (QED) is 0.794. The van der Waals surface area contributed by atoms with Crippen molar-refractivity contribution in [3.05, 3.63) is 57.5 Å². The molecule has 1 fully saturated rings. The number of benzene rings is 2. The van der Waals surface area contributed by atoms with Gasteiger partial charge in [-0.25, -0.2) is 0 Å². The fourth-order valence-corrected chi connectivity index (χ4v) is 2.89. The van der Waals surface area contributed by atoms with Crippen molar-refractivity contribution in [2.75, 3.05) is 11.1 Å². The predicted octanol–water partition coefficient (Wildman–Crippen LogP) is 4.36. The molecule has 3 nitrogen and oxygen atoms in total. The van der Waals surface area contributed by atoms with Gasteiger partial charge in [-0.2, -0.15) is 0 Å². The minimum Gasteiger partial charge on any atom is -0.399 e. The SMILES string of the molecule is Nc1ccc(C2(C(=O)Nc3ccc(Cl)c(Br)c3)CC2)cc1. The molecule has 2 aromatic rings. The minimum absolute atomic E-state index is 0.0153. The summed E-state index contributed by atoms with van der Waals surface area (Å²) < 4.78 is 0.763. The average molecular weight is 366 g/mol. The van der Waals surface area contributed by atoms with Gasteiger partial charge in [0, 0.05) is 15.8 Å². The number of amides is 1. The van der Waals surface area contributed by atoms with Crippen molar-refractivity contribution in [3.8, 4) is 0 Å². The van der Waals surface area contributed by atoms with Gasteiger partial charge in [0.15, 0.2) is 0 Å². The molecule has 5 heteroatoms. The van der Waals surface area contributed by atoms with Gasteiger partial charge < -0.3 is 11.1 Å². The van der Waals surface area contributed by atoms with Crippen LogP contribution in [-0.2, 0) is 10.2 Å². The molecule has 0 saturated heterocycles.